The number of carbonyl (C=O) groups is 2. The summed E-state index contributed by atoms with van der Waals surface area (Å²) >= 11 is 4.69. The minimum absolute atomic E-state index is 0.0423. The van der Waals surface area contributed by atoms with E-state index in [0.717, 1.165) is 38.0 Å². The van der Waals surface area contributed by atoms with Crippen LogP contribution in [0.1, 0.15) is 43.2 Å². The molecule has 3 aromatic rings. The van der Waals surface area contributed by atoms with Crippen molar-refractivity contribution in [3.05, 3.63) is 43.3 Å². The monoisotopic (exact) mass is 417 g/mol. The minimum atomic E-state index is -0.0766. The molecule has 0 saturated carbocycles. The summed E-state index contributed by atoms with van der Waals surface area (Å²) in [6.45, 7) is 4.04. The number of carbonyl (C=O) groups excluding carboxylic acids is 2. The number of rotatable bonds is 5. The molecule has 8 heteroatoms. The van der Waals surface area contributed by atoms with E-state index in [-0.39, 0.29) is 11.8 Å². The van der Waals surface area contributed by atoms with E-state index in [9.17, 15) is 9.59 Å². The zero-order valence-electron chi connectivity index (χ0n) is 15.0. The van der Waals surface area contributed by atoms with Gasteiger partial charge in [-0.1, -0.05) is 0 Å². The fourth-order valence-corrected chi connectivity index (χ4v) is 6.12. The zero-order chi connectivity index (χ0) is 19.0. The van der Waals surface area contributed by atoms with Gasteiger partial charge < -0.3 is 5.32 Å². The van der Waals surface area contributed by atoms with Crippen molar-refractivity contribution in [1.29, 1.82) is 0 Å². The number of aryl methyl sites for hydroxylation is 3. The third kappa shape index (κ3) is 3.97. The molecule has 0 atom stereocenters. The van der Waals surface area contributed by atoms with Crippen molar-refractivity contribution in [2.24, 2.45) is 0 Å². The summed E-state index contributed by atoms with van der Waals surface area (Å²) in [6.07, 6.45) is 3.37. The number of anilines is 1. The molecule has 2 amide bonds. The van der Waals surface area contributed by atoms with Crippen molar-refractivity contribution in [1.82, 2.24) is 10.3 Å². The molecule has 1 aliphatic carbocycles. The lowest BCUT2D eigenvalue weighted by Gasteiger charge is -1.98. The molecule has 2 N–H and O–H groups in total. The van der Waals surface area contributed by atoms with Gasteiger partial charge in [0, 0.05) is 21.6 Å². The molecule has 0 aliphatic heterocycles. The van der Waals surface area contributed by atoms with E-state index in [1.807, 2.05) is 25.1 Å². The van der Waals surface area contributed by atoms with Gasteiger partial charge in [0.2, 0.25) is 5.91 Å². The molecular weight excluding hydrogens is 398 g/mol. The van der Waals surface area contributed by atoms with E-state index in [1.165, 1.54) is 35.1 Å². The van der Waals surface area contributed by atoms with Crippen molar-refractivity contribution < 1.29 is 9.59 Å². The molecule has 0 saturated heterocycles. The van der Waals surface area contributed by atoms with Crippen LogP contribution in [0.5, 0.6) is 0 Å². The molecule has 0 fully saturated rings. The van der Waals surface area contributed by atoms with Gasteiger partial charge in [-0.3, -0.25) is 14.9 Å². The lowest BCUT2D eigenvalue weighted by molar-refractivity contribution is -0.119. The molecule has 140 valence electrons. The maximum Gasteiger partial charge on any atom is 0.267 e. The predicted octanol–water partition coefficient (Wildman–Crippen LogP) is 4.62. The van der Waals surface area contributed by atoms with E-state index >= 15 is 0 Å². The second kappa shape index (κ2) is 7.53. The summed E-state index contributed by atoms with van der Waals surface area (Å²) in [6, 6.07) is 6.04. The van der Waals surface area contributed by atoms with E-state index in [0.29, 0.717) is 11.7 Å². The second-order valence-corrected chi connectivity index (χ2v) is 9.97. The van der Waals surface area contributed by atoms with Crippen LogP contribution in [0.4, 0.5) is 5.13 Å². The number of amides is 2. The molecule has 5 nitrogen and oxygen atoms in total. The van der Waals surface area contributed by atoms with Crippen LogP contribution in [0.15, 0.2) is 18.2 Å². The lowest BCUT2D eigenvalue weighted by Crippen LogP contribution is -2.17. The van der Waals surface area contributed by atoms with Gasteiger partial charge in [-0.15, -0.1) is 34.0 Å². The molecule has 27 heavy (non-hydrogen) atoms. The van der Waals surface area contributed by atoms with Crippen LogP contribution in [-0.2, 0) is 24.2 Å². The molecule has 0 radical (unpaired) electrons. The van der Waals surface area contributed by atoms with E-state index in [2.05, 4.69) is 15.6 Å². The quantitative estimate of drug-likeness (QED) is 0.636. The average Bonchev–Trinajstić information content (AvgIpc) is 3.35. The Morgan fingerprint density at radius 3 is 2.81 bits per heavy atom. The van der Waals surface area contributed by atoms with Gasteiger partial charge >= 0.3 is 0 Å². The first-order valence-corrected chi connectivity index (χ1v) is 11.2. The highest BCUT2D eigenvalue weighted by molar-refractivity contribution is 7.18. The second-order valence-electron chi connectivity index (χ2n) is 6.47. The molecule has 3 heterocycles. The number of nitrogens with one attached hydrogen (secondary N) is 2. The summed E-state index contributed by atoms with van der Waals surface area (Å²) < 4.78 is 0. The highest BCUT2D eigenvalue weighted by Crippen LogP contribution is 2.35. The number of thiazole rings is 1. The van der Waals surface area contributed by atoms with Crippen LogP contribution in [0.25, 0.3) is 10.6 Å². The van der Waals surface area contributed by atoms with Crippen molar-refractivity contribution >= 4 is 51.0 Å². The molecule has 3 aromatic heterocycles. The topological polar surface area (TPSA) is 71.1 Å². The van der Waals surface area contributed by atoms with Gasteiger partial charge in [0.1, 0.15) is 0 Å². The normalized spacial score (nSPS) is 12.8. The van der Waals surface area contributed by atoms with E-state index in [1.54, 1.807) is 22.7 Å². The van der Waals surface area contributed by atoms with Crippen molar-refractivity contribution in [3.8, 4) is 10.6 Å². The van der Waals surface area contributed by atoms with Gasteiger partial charge in [-0.05, 0) is 49.9 Å². The molecule has 0 unspecified atom stereocenters. The summed E-state index contributed by atoms with van der Waals surface area (Å²) in [5.41, 5.74) is 2.22. The number of hydrogen-bond acceptors (Lipinski definition) is 6. The van der Waals surface area contributed by atoms with Crippen LogP contribution in [0, 0.1) is 6.92 Å². The SMILES string of the molecule is CC(=O)NCc1ccc(-c2nc(NC(=O)c3cc4c(s3)CCC4)sc2C)s1. The first kappa shape index (κ1) is 18.3. The number of aromatic nitrogens is 1. The number of nitrogens with zero attached hydrogens (tertiary/aromatic N) is 1. The van der Waals surface area contributed by atoms with Crippen LogP contribution in [0.2, 0.25) is 0 Å². The Balaban J connectivity index is 1.47. The highest BCUT2D eigenvalue weighted by atomic mass is 32.1. The number of hydrogen-bond donors (Lipinski definition) is 2. The third-order valence-electron chi connectivity index (χ3n) is 4.39. The molecule has 1 aliphatic rings. The van der Waals surface area contributed by atoms with Crippen molar-refractivity contribution in [2.45, 2.75) is 39.7 Å². The predicted molar refractivity (Wildman–Crippen MR) is 112 cm³/mol. The minimum Gasteiger partial charge on any atom is -0.351 e. The molecule has 0 spiro atoms. The van der Waals surface area contributed by atoms with Crippen LogP contribution in [0.3, 0.4) is 0 Å². The maximum atomic E-state index is 12.6. The smallest absolute Gasteiger partial charge is 0.267 e. The number of fused-ring (bicyclic) bond motifs is 1. The zero-order valence-corrected chi connectivity index (χ0v) is 17.5. The largest absolute Gasteiger partial charge is 0.351 e. The van der Waals surface area contributed by atoms with E-state index in [4.69, 9.17) is 0 Å². The lowest BCUT2D eigenvalue weighted by atomic mass is 10.2. The maximum absolute atomic E-state index is 12.6. The Labute approximate surface area is 169 Å². The first-order valence-electron chi connectivity index (χ1n) is 8.73. The number of thiophene rings is 2. The summed E-state index contributed by atoms with van der Waals surface area (Å²) in [5, 5.41) is 6.38. The van der Waals surface area contributed by atoms with Gasteiger partial charge in [-0.25, -0.2) is 4.98 Å². The Morgan fingerprint density at radius 1 is 1.19 bits per heavy atom. The van der Waals surface area contributed by atoms with E-state index < -0.39 is 0 Å². The van der Waals surface area contributed by atoms with Crippen LogP contribution >= 0.6 is 34.0 Å². The summed E-state index contributed by atoms with van der Waals surface area (Å²) in [7, 11) is 0. The molecular formula is C19H19N3O2S3. The van der Waals surface area contributed by atoms with Gasteiger partial charge in [-0.2, -0.15) is 0 Å². The molecule has 0 bridgehead atoms. The Bertz CT molecular complexity index is 994. The van der Waals surface area contributed by atoms with Gasteiger partial charge in [0.05, 0.1) is 22.0 Å². The van der Waals surface area contributed by atoms with Crippen LogP contribution in [-0.4, -0.2) is 16.8 Å². The van der Waals surface area contributed by atoms with Crippen molar-refractivity contribution in [3.63, 3.8) is 0 Å². The van der Waals surface area contributed by atoms with Gasteiger partial charge in [0.15, 0.2) is 5.13 Å². The van der Waals surface area contributed by atoms with Crippen molar-refractivity contribution in [2.75, 3.05) is 5.32 Å². The Kier molecular flexibility index (Phi) is 5.12. The average molecular weight is 418 g/mol. The highest BCUT2D eigenvalue weighted by Gasteiger charge is 2.20. The van der Waals surface area contributed by atoms with Crippen LogP contribution < -0.4 is 10.6 Å². The fraction of sp³-hybridized carbons (Fsp3) is 0.316. The fourth-order valence-electron chi connectivity index (χ4n) is 3.09. The Morgan fingerprint density at radius 2 is 2.04 bits per heavy atom. The standard InChI is InChI=1S/C19H19N3O2S3/c1-10-17(15-7-6-13(26-15)9-20-11(2)23)21-19(25-10)22-18(24)16-8-12-4-3-5-14(12)27-16/h6-8H,3-5,9H2,1-2H3,(H,20,23)(H,21,22,24). The van der Waals surface area contributed by atoms with Gasteiger partial charge in [0.25, 0.3) is 5.91 Å². The Hall–Kier alpha value is -2.03. The molecule has 0 aromatic carbocycles. The first-order chi connectivity index (χ1) is 13.0. The summed E-state index contributed by atoms with van der Waals surface area (Å²) in [5.74, 6) is -0.119. The third-order valence-corrected chi connectivity index (χ3v) is 7.61. The molecule has 4 rings (SSSR count). The summed E-state index contributed by atoms with van der Waals surface area (Å²) in [4.78, 5) is 33.5.